The van der Waals surface area contributed by atoms with Gasteiger partial charge in [0.05, 0.1) is 0 Å². The zero-order valence-electron chi connectivity index (χ0n) is 9.30. The maximum atomic E-state index is 5.44. The topological polar surface area (TPSA) is 63.8 Å². The summed E-state index contributed by atoms with van der Waals surface area (Å²) in [7, 11) is 0. The van der Waals surface area contributed by atoms with Gasteiger partial charge in [0.2, 0.25) is 5.13 Å². The molecule has 3 N–H and O–H groups in total. The summed E-state index contributed by atoms with van der Waals surface area (Å²) in [6.07, 6.45) is 0. The Kier molecular flexibility index (Phi) is 4.78. The molecule has 0 aliphatic heterocycles. The minimum Gasteiger partial charge on any atom is -0.356 e. The fraction of sp³-hybridized carbons (Fsp3) is 0.273. The summed E-state index contributed by atoms with van der Waals surface area (Å²) in [6.45, 7) is 1.44. The van der Waals surface area contributed by atoms with E-state index in [9.17, 15) is 0 Å². The van der Waals surface area contributed by atoms with Crippen molar-refractivity contribution >= 4 is 28.2 Å². The minimum atomic E-state index is 0.664. The van der Waals surface area contributed by atoms with Crippen molar-refractivity contribution in [1.82, 2.24) is 10.2 Å². The van der Waals surface area contributed by atoms with Gasteiger partial charge >= 0.3 is 0 Å². The maximum Gasteiger partial charge on any atom is 0.206 e. The van der Waals surface area contributed by atoms with Crippen LogP contribution < -0.4 is 11.1 Å². The average Bonchev–Trinajstić information content (AvgIpc) is 2.83. The van der Waals surface area contributed by atoms with Gasteiger partial charge < -0.3 is 11.1 Å². The van der Waals surface area contributed by atoms with Crippen LogP contribution in [0.5, 0.6) is 0 Å². The molecule has 0 saturated carbocycles. The van der Waals surface area contributed by atoms with Crippen LogP contribution in [0.25, 0.3) is 0 Å². The summed E-state index contributed by atoms with van der Waals surface area (Å²) < 4.78 is 0.964. The normalized spacial score (nSPS) is 10.4. The van der Waals surface area contributed by atoms with Crippen molar-refractivity contribution in [3.05, 3.63) is 35.9 Å². The highest BCUT2D eigenvalue weighted by Gasteiger charge is 2.03. The fourth-order valence-corrected chi connectivity index (χ4v) is 2.85. The summed E-state index contributed by atoms with van der Waals surface area (Å²) in [4.78, 5) is 0. The Morgan fingerprint density at radius 1 is 1.24 bits per heavy atom. The molecule has 0 saturated heterocycles. The van der Waals surface area contributed by atoms with Crippen LogP contribution in [0.4, 0.5) is 5.13 Å². The number of hydrogen-bond acceptors (Lipinski definition) is 6. The molecule has 0 radical (unpaired) electrons. The summed E-state index contributed by atoms with van der Waals surface area (Å²) in [5.74, 6) is 0.882. The van der Waals surface area contributed by atoms with Crippen LogP contribution >= 0.6 is 23.1 Å². The largest absolute Gasteiger partial charge is 0.356 e. The van der Waals surface area contributed by atoms with E-state index in [2.05, 4.69) is 27.6 Å². The second-order valence-electron chi connectivity index (χ2n) is 3.35. The molecule has 2 rings (SSSR count). The van der Waals surface area contributed by atoms with Gasteiger partial charge in [-0.05, 0) is 5.56 Å². The van der Waals surface area contributed by atoms with Crippen LogP contribution in [0.15, 0.2) is 34.7 Å². The molecule has 1 aromatic carbocycles. The summed E-state index contributed by atoms with van der Waals surface area (Å²) >= 11 is 3.21. The Morgan fingerprint density at radius 3 is 2.82 bits per heavy atom. The molecular formula is C11H14N4S2. The van der Waals surface area contributed by atoms with E-state index in [0.29, 0.717) is 6.54 Å². The molecule has 0 amide bonds. The first-order valence-electron chi connectivity index (χ1n) is 5.32. The molecule has 0 aliphatic carbocycles. The third-order valence-corrected chi connectivity index (χ3v) is 4.08. The molecule has 0 fully saturated rings. The van der Waals surface area contributed by atoms with Crippen LogP contribution in [0.1, 0.15) is 5.56 Å². The lowest BCUT2D eigenvalue weighted by Gasteiger charge is -2.00. The number of anilines is 1. The zero-order valence-corrected chi connectivity index (χ0v) is 10.9. The van der Waals surface area contributed by atoms with Gasteiger partial charge in [0, 0.05) is 18.8 Å². The molecule has 0 unspecified atom stereocenters. The molecule has 1 aromatic heterocycles. The highest BCUT2D eigenvalue weighted by molar-refractivity contribution is 8.01. The molecule has 4 nitrogen and oxygen atoms in total. The summed E-state index contributed by atoms with van der Waals surface area (Å²) in [6, 6.07) is 10.2. The number of nitrogens with one attached hydrogen (secondary N) is 1. The van der Waals surface area contributed by atoms with Gasteiger partial charge in [0.15, 0.2) is 4.34 Å². The Bertz CT molecular complexity index is 444. The van der Waals surface area contributed by atoms with E-state index in [1.165, 1.54) is 5.56 Å². The lowest BCUT2D eigenvalue weighted by Crippen LogP contribution is -2.00. The van der Waals surface area contributed by atoms with Gasteiger partial charge in [-0.3, -0.25) is 0 Å². The number of aromatic nitrogens is 2. The van der Waals surface area contributed by atoms with Crippen molar-refractivity contribution in [1.29, 1.82) is 0 Å². The van der Waals surface area contributed by atoms with Crippen molar-refractivity contribution in [3.63, 3.8) is 0 Å². The first-order valence-corrected chi connectivity index (χ1v) is 7.13. The zero-order chi connectivity index (χ0) is 11.9. The maximum absolute atomic E-state index is 5.44. The van der Waals surface area contributed by atoms with E-state index in [1.807, 2.05) is 18.2 Å². The van der Waals surface area contributed by atoms with Crippen molar-refractivity contribution in [3.8, 4) is 0 Å². The third kappa shape index (κ3) is 3.99. The lowest BCUT2D eigenvalue weighted by atomic mass is 10.2. The van der Waals surface area contributed by atoms with Gasteiger partial charge in [-0.15, -0.1) is 10.2 Å². The van der Waals surface area contributed by atoms with E-state index < -0.39 is 0 Å². The monoisotopic (exact) mass is 266 g/mol. The standard InChI is InChI=1S/C11H14N4S2/c12-6-7-16-11-15-14-10(17-11)13-8-9-4-2-1-3-5-9/h1-5H,6-8,12H2,(H,13,14). The van der Waals surface area contributed by atoms with Crippen LogP contribution in [0.2, 0.25) is 0 Å². The number of benzene rings is 1. The average molecular weight is 266 g/mol. The van der Waals surface area contributed by atoms with Crippen LogP contribution in [0, 0.1) is 0 Å². The smallest absolute Gasteiger partial charge is 0.206 e. The molecule has 90 valence electrons. The Balaban J connectivity index is 1.85. The quantitative estimate of drug-likeness (QED) is 0.785. The predicted molar refractivity (Wildman–Crippen MR) is 73.5 cm³/mol. The van der Waals surface area contributed by atoms with Crippen LogP contribution in [-0.4, -0.2) is 22.5 Å². The Morgan fingerprint density at radius 2 is 2.06 bits per heavy atom. The molecule has 6 heteroatoms. The van der Waals surface area contributed by atoms with E-state index in [-0.39, 0.29) is 0 Å². The Hall–Kier alpha value is -1.11. The molecule has 1 heterocycles. The molecule has 0 spiro atoms. The number of nitrogens with zero attached hydrogens (tertiary/aromatic N) is 2. The second-order valence-corrected chi connectivity index (χ2v) is 5.67. The van der Waals surface area contributed by atoms with Crippen LogP contribution in [-0.2, 0) is 6.54 Å². The highest BCUT2D eigenvalue weighted by Crippen LogP contribution is 2.25. The van der Waals surface area contributed by atoms with Gasteiger partial charge in [-0.1, -0.05) is 53.4 Å². The van der Waals surface area contributed by atoms with E-state index in [1.54, 1.807) is 23.1 Å². The molecule has 0 aliphatic rings. The lowest BCUT2D eigenvalue weighted by molar-refractivity contribution is 0.994. The molecule has 2 aromatic rings. The SMILES string of the molecule is NCCSc1nnc(NCc2ccccc2)s1. The Labute approximate surface area is 109 Å². The predicted octanol–water partition coefficient (Wildman–Crippen LogP) is 2.20. The highest BCUT2D eigenvalue weighted by atomic mass is 32.2. The summed E-state index contributed by atoms with van der Waals surface area (Å²) in [5.41, 5.74) is 6.67. The van der Waals surface area contributed by atoms with Crippen molar-refractivity contribution in [2.75, 3.05) is 17.6 Å². The first-order chi connectivity index (χ1) is 8.38. The van der Waals surface area contributed by atoms with Gasteiger partial charge in [-0.25, -0.2) is 0 Å². The van der Waals surface area contributed by atoms with Gasteiger partial charge in [0.1, 0.15) is 0 Å². The van der Waals surface area contributed by atoms with E-state index in [4.69, 9.17) is 5.73 Å². The second kappa shape index (κ2) is 6.58. The van der Waals surface area contributed by atoms with Crippen molar-refractivity contribution < 1.29 is 0 Å². The van der Waals surface area contributed by atoms with Crippen molar-refractivity contribution in [2.45, 2.75) is 10.9 Å². The number of thioether (sulfide) groups is 1. The third-order valence-electron chi connectivity index (χ3n) is 2.04. The van der Waals surface area contributed by atoms with E-state index in [0.717, 1.165) is 21.8 Å². The molecule has 0 atom stereocenters. The molecule has 0 bridgehead atoms. The van der Waals surface area contributed by atoms with E-state index >= 15 is 0 Å². The van der Waals surface area contributed by atoms with Gasteiger partial charge in [-0.2, -0.15) is 0 Å². The first kappa shape index (κ1) is 12.3. The molecule has 17 heavy (non-hydrogen) atoms. The van der Waals surface area contributed by atoms with Crippen molar-refractivity contribution in [2.24, 2.45) is 5.73 Å². The number of rotatable bonds is 6. The number of hydrogen-bond donors (Lipinski definition) is 2. The van der Waals surface area contributed by atoms with Gasteiger partial charge in [0.25, 0.3) is 0 Å². The number of nitrogens with two attached hydrogens (primary N) is 1. The van der Waals surface area contributed by atoms with Crippen LogP contribution in [0.3, 0.4) is 0 Å². The molecular weight excluding hydrogens is 252 g/mol. The summed E-state index contributed by atoms with van der Waals surface area (Å²) in [5, 5.41) is 12.3. The fourth-order valence-electron chi connectivity index (χ4n) is 1.26. The minimum absolute atomic E-state index is 0.664.